The molecule has 9 nitrogen and oxygen atoms in total. The monoisotopic (exact) mass is 444 g/mol. The summed E-state index contributed by atoms with van der Waals surface area (Å²) in [7, 11) is 1.23. The SMILES string of the molecule is COc1cc2c(Cl)c(/C=N/N3CCS(=O)(=O)CC3C)c(=O)oc2c(OC)c1OC. The van der Waals surface area contributed by atoms with Crippen molar-refractivity contribution in [3.63, 3.8) is 0 Å². The van der Waals surface area contributed by atoms with Gasteiger partial charge in [0.15, 0.2) is 21.2 Å². The van der Waals surface area contributed by atoms with E-state index in [4.69, 9.17) is 30.2 Å². The average molecular weight is 445 g/mol. The number of ether oxygens (including phenoxy) is 3. The van der Waals surface area contributed by atoms with Gasteiger partial charge in [-0.05, 0) is 13.0 Å². The van der Waals surface area contributed by atoms with E-state index < -0.39 is 15.5 Å². The fraction of sp³-hybridized carbons (Fsp3) is 0.444. The van der Waals surface area contributed by atoms with Gasteiger partial charge in [-0.1, -0.05) is 11.6 Å². The Balaban J connectivity index is 2.09. The van der Waals surface area contributed by atoms with Crippen LogP contribution in [0.5, 0.6) is 17.2 Å². The van der Waals surface area contributed by atoms with E-state index in [0.29, 0.717) is 11.1 Å². The molecule has 1 atom stereocenters. The van der Waals surface area contributed by atoms with Crippen molar-refractivity contribution in [3.05, 3.63) is 27.1 Å². The predicted molar refractivity (Wildman–Crippen MR) is 110 cm³/mol. The Morgan fingerprint density at radius 3 is 2.52 bits per heavy atom. The highest BCUT2D eigenvalue weighted by atomic mass is 35.5. The van der Waals surface area contributed by atoms with Gasteiger partial charge in [-0.2, -0.15) is 5.10 Å². The summed E-state index contributed by atoms with van der Waals surface area (Å²) >= 11 is 6.48. The highest BCUT2D eigenvalue weighted by molar-refractivity contribution is 7.91. The van der Waals surface area contributed by atoms with E-state index in [0.717, 1.165) is 0 Å². The van der Waals surface area contributed by atoms with E-state index in [1.54, 1.807) is 18.0 Å². The molecule has 0 amide bonds. The van der Waals surface area contributed by atoms with Crippen molar-refractivity contribution in [2.24, 2.45) is 5.10 Å². The summed E-state index contributed by atoms with van der Waals surface area (Å²) in [4.78, 5) is 12.5. The second kappa shape index (κ2) is 8.11. The van der Waals surface area contributed by atoms with Crippen molar-refractivity contribution in [1.82, 2.24) is 5.01 Å². The van der Waals surface area contributed by atoms with E-state index in [-0.39, 0.29) is 51.8 Å². The molecule has 0 bridgehead atoms. The van der Waals surface area contributed by atoms with Crippen LogP contribution in [0.25, 0.3) is 11.0 Å². The molecule has 0 spiro atoms. The molecule has 2 heterocycles. The van der Waals surface area contributed by atoms with Crippen LogP contribution < -0.4 is 19.8 Å². The molecule has 1 fully saturated rings. The first-order valence-corrected chi connectivity index (χ1v) is 10.9. The number of nitrogens with zero attached hydrogens (tertiary/aromatic N) is 2. The van der Waals surface area contributed by atoms with Crippen LogP contribution in [0.4, 0.5) is 0 Å². The number of methoxy groups -OCH3 is 3. The van der Waals surface area contributed by atoms with Gasteiger partial charge in [-0.25, -0.2) is 13.2 Å². The van der Waals surface area contributed by atoms with Gasteiger partial charge >= 0.3 is 5.63 Å². The fourth-order valence-corrected chi connectivity index (χ4v) is 4.98. The van der Waals surface area contributed by atoms with Gasteiger partial charge in [0, 0.05) is 5.39 Å². The number of rotatable bonds is 5. The summed E-state index contributed by atoms with van der Waals surface area (Å²) < 4.78 is 44.8. The molecule has 0 saturated carbocycles. The smallest absolute Gasteiger partial charge is 0.346 e. The minimum Gasteiger partial charge on any atom is -0.493 e. The van der Waals surface area contributed by atoms with Crippen molar-refractivity contribution >= 4 is 38.6 Å². The first-order chi connectivity index (χ1) is 13.7. The summed E-state index contributed by atoms with van der Waals surface area (Å²) in [5.74, 6) is 0.803. The molecule has 1 aliphatic rings. The van der Waals surface area contributed by atoms with Gasteiger partial charge < -0.3 is 18.6 Å². The number of benzene rings is 1. The van der Waals surface area contributed by atoms with Crippen LogP contribution in [0, 0.1) is 0 Å². The third-order valence-corrected chi connectivity index (χ3v) is 6.84. The largest absolute Gasteiger partial charge is 0.493 e. The normalized spacial score (nSPS) is 18.9. The van der Waals surface area contributed by atoms with Gasteiger partial charge in [-0.15, -0.1) is 0 Å². The molecule has 1 saturated heterocycles. The molecule has 0 N–H and O–H groups in total. The number of hydrazone groups is 1. The lowest BCUT2D eigenvalue weighted by atomic mass is 10.1. The molecule has 0 radical (unpaired) electrons. The standard InChI is InChI=1S/C18H21ClN2O7S/c1-10-9-29(23,24)6-5-21(10)20-8-12-14(19)11-7-13(25-2)16(26-3)17(27-4)15(11)28-18(12)22/h7-8,10H,5-6,9H2,1-4H3/b20-8+. The maximum absolute atomic E-state index is 12.5. The minimum absolute atomic E-state index is 0.00140. The second-order valence-corrected chi connectivity index (χ2v) is 9.12. The van der Waals surface area contributed by atoms with Gasteiger partial charge in [0.2, 0.25) is 11.5 Å². The summed E-state index contributed by atoms with van der Waals surface area (Å²) in [6.45, 7) is 1.98. The number of fused-ring (bicyclic) bond motifs is 1. The van der Waals surface area contributed by atoms with Crippen molar-refractivity contribution < 1.29 is 27.0 Å². The topological polar surface area (TPSA) is 108 Å². The number of hydrogen-bond acceptors (Lipinski definition) is 9. The van der Waals surface area contributed by atoms with Gasteiger partial charge in [-0.3, -0.25) is 5.01 Å². The fourth-order valence-electron chi connectivity index (χ4n) is 3.18. The van der Waals surface area contributed by atoms with Crippen LogP contribution in [0.3, 0.4) is 0 Å². The second-order valence-electron chi connectivity index (χ2n) is 6.51. The third-order valence-electron chi connectivity index (χ3n) is 4.64. The Kier molecular flexibility index (Phi) is 5.95. The van der Waals surface area contributed by atoms with E-state index in [1.807, 2.05) is 0 Å². The minimum atomic E-state index is -3.08. The van der Waals surface area contributed by atoms with Gasteiger partial charge in [0.05, 0.1) is 62.2 Å². The zero-order chi connectivity index (χ0) is 21.3. The first kappa shape index (κ1) is 21.3. The van der Waals surface area contributed by atoms with Crippen LogP contribution in [0.2, 0.25) is 5.02 Å². The first-order valence-electron chi connectivity index (χ1n) is 8.68. The van der Waals surface area contributed by atoms with Crippen molar-refractivity contribution in [3.8, 4) is 17.2 Å². The Labute approximate surface area is 172 Å². The van der Waals surface area contributed by atoms with Crippen molar-refractivity contribution in [1.29, 1.82) is 0 Å². The van der Waals surface area contributed by atoms with E-state index in [9.17, 15) is 13.2 Å². The lowest BCUT2D eigenvalue weighted by molar-refractivity contribution is 0.239. The summed E-state index contributed by atoms with van der Waals surface area (Å²) in [5, 5.41) is 6.36. The van der Waals surface area contributed by atoms with E-state index >= 15 is 0 Å². The van der Waals surface area contributed by atoms with Crippen LogP contribution in [0.15, 0.2) is 20.4 Å². The van der Waals surface area contributed by atoms with Gasteiger partial charge in [0.25, 0.3) is 0 Å². The molecule has 1 aromatic heterocycles. The molecular weight excluding hydrogens is 424 g/mol. The predicted octanol–water partition coefficient (Wildman–Crippen LogP) is 1.92. The maximum atomic E-state index is 12.5. The highest BCUT2D eigenvalue weighted by Gasteiger charge is 2.27. The molecule has 29 heavy (non-hydrogen) atoms. The zero-order valence-electron chi connectivity index (χ0n) is 16.4. The van der Waals surface area contributed by atoms with Gasteiger partial charge in [0.1, 0.15) is 0 Å². The van der Waals surface area contributed by atoms with Crippen LogP contribution in [0.1, 0.15) is 12.5 Å². The highest BCUT2D eigenvalue weighted by Crippen LogP contribution is 2.44. The number of halogens is 1. The summed E-state index contributed by atoms with van der Waals surface area (Å²) in [5.41, 5.74) is -0.558. The lowest BCUT2D eigenvalue weighted by Crippen LogP contribution is -2.43. The van der Waals surface area contributed by atoms with E-state index in [1.165, 1.54) is 27.5 Å². The molecule has 11 heteroatoms. The average Bonchev–Trinajstić information content (AvgIpc) is 2.67. The molecule has 158 valence electrons. The molecular formula is C18H21ClN2O7S. The number of sulfone groups is 1. The van der Waals surface area contributed by atoms with Crippen molar-refractivity contribution in [2.75, 3.05) is 39.4 Å². The Morgan fingerprint density at radius 2 is 1.93 bits per heavy atom. The Bertz CT molecular complexity index is 1130. The lowest BCUT2D eigenvalue weighted by Gasteiger charge is -2.30. The Hall–Kier alpha value is -2.46. The Morgan fingerprint density at radius 1 is 1.24 bits per heavy atom. The third kappa shape index (κ3) is 3.99. The molecule has 2 aromatic rings. The van der Waals surface area contributed by atoms with Crippen LogP contribution in [-0.4, -0.2) is 65.1 Å². The quantitative estimate of drug-likeness (QED) is 0.508. The summed E-state index contributed by atoms with van der Waals surface area (Å²) in [6.07, 6.45) is 1.28. The molecule has 1 aromatic carbocycles. The molecule has 0 aliphatic carbocycles. The number of hydrogen-bond donors (Lipinski definition) is 0. The van der Waals surface area contributed by atoms with E-state index in [2.05, 4.69) is 5.10 Å². The zero-order valence-corrected chi connectivity index (χ0v) is 18.0. The maximum Gasteiger partial charge on any atom is 0.346 e. The van der Waals surface area contributed by atoms with Crippen LogP contribution in [-0.2, 0) is 9.84 Å². The van der Waals surface area contributed by atoms with Crippen molar-refractivity contribution in [2.45, 2.75) is 13.0 Å². The summed E-state index contributed by atoms with van der Waals surface area (Å²) in [6, 6.07) is 1.26. The molecule has 1 unspecified atom stereocenters. The molecule has 1 aliphatic heterocycles. The molecule has 3 rings (SSSR count). The van der Waals surface area contributed by atoms with Crippen LogP contribution >= 0.6 is 11.6 Å².